The van der Waals surface area contributed by atoms with Crippen LogP contribution < -0.4 is 16.4 Å². The van der Waals surface area contributed by atoms with Crippen LogP contribution in [-0.4, -0.2) is 46.1 Å². The van der Waals surface area contributed by atoms with Crippen LogP contribution in [0.3, 0.4) is 0 Å². The summed E-state index contributed by atoms with van der Waals surface area (Å²) in [6, 6.07) is 7.95. The molecule has 3 aromatic rings. The number of hydrogen-bond acceptors (Lipinski definition) is 4. The number of urea groups is 1. The summed E-state index contributed by atoms with van der Waals surface area (Å²) in [5, 5.41) is 9.45. The van der Waals surface area contributed by atoms with Gasteiger partial charge in [0.15, 0.2) is 0 Å². The molecule has 0 radical (unpaired) electrons. The number of anilines is 1. The Morgan fingerprint density at radius 2 is 2.00 bits per heavy atom. The number of nitrogens with zero attached hydrogens (tertiary/aromatic N) is 5. The zero-order valence-electron chi connectivity index (χ0n) is 18.2. The molecule has 4 amide bonds. The van der Waals surface area contributed by atoms with Gasteiger partial charge >= 0.3 is 12.1 Å². The van der Waals surface area contributed by atoms with Crippen molar-refractivity contribution in [1.29, 1.82) is 0 Å². The van der Waals surface area contributed by atoms with E-state index in [0.29, 0.717) is 16.6 Å². The molecule has 35 heavy (non-hydrogen) atoms. The first-order chi connectivity index (χ1) is 16.8. The fraction of sp³-hybridized carbons (Fsp3) is 0.227. The summed E-state index contributed by atoms with van der Waals surface area (Å²) in [7, 11) is 0. The molecule has 11 nitrogen and oxygen atoms in total. The third-order valence-corrected chi connectivity index (χ3v) is 6.06. The molecule has 2 heterocycles. The monoisotopic (exact) mass is 498 g/mol. The lowest BCUT2D eigenvalue weighted by Crippen LogP contribution is -2.50. The second-order valence-corrected chi connectivity index (χ2v) is 8.24. The Kier molecular flexibility index (Phi) is 6.76. The number of aromatic nitrogens is 1. The minimum Gasteiger partial charge on any atom is -0.351 e. The van der Waals surface area contributed by atoms with Gasteiger partial charge in [-0.05, 0) is 24.1 Å². The van der Waals surface area contributed by atoms with Crippen LogP contribution in [0.1, 0.15) is 12.0 Å². The summed E-state index contributed by atoms with van der Waals surface area (Å²) in [4.78, 5) is 42.0. The van der Waals surface area contributed by atoms with E-state index in [2.05, 4.69) is 20.7 Å². The lowest BCUT2D eigenvalue weighted by atomic mass is 10.1. The molecule has 180 valence electrons. The number of para-hydroxylation sites is 1. The number of fused-ring (bicyclic) bond motifs is 1. The van der Waals surface area contributed by atoms with Crippen LogP contribution in [0.15, 0.2) is 53.8 Å². The molecule has 0 aliphatic carbocycles. The third kappa shape index (κ3) is 4.70. The first kappa shape index (κ1) is 23.9. The SMILES string of the molecule is [N-]=[N+]=N[C@H]1CCN(C(=O)Nc2cn(C(N)=O)c3ccccc23)[C@@H]1C(=O)NCc1cccc(Cl)c1F. The number of nitrogens with one attached hydrogen (secondary N) is 2. The van der Waals surface area contributed by atoms with Crippen molar-refractivity contribution in [2.75, 3.05) is 11.9 Å². The lowest BCUT2D eigenvalue weighted by Gasteiger charge is -2.26. The first-order valence-corrected chi connectivity index (χ1v) is 10.9. The Balaban J connectivity index is 1.56. The van der Waals surface area contributed by atoms with Gasteiger partial charge in [-0.1, -0.05) is 47.0 Å². The number of halogens is 2. The molecule has 1 aliphatic heterocycles. The molecule has 1 fully saturated rings. The van der Waals surface area contributed by atoms with E-state index in [4.69, 9.17) is 22.9 Å². The summed E-state index contributed by atoms with van der Waals surface area (Å²) in [5.74, 6) is -1.28. The maximum Gasteiger partial charge on any atom is 0.323 e. The van der Waals surface area contributed by atoms with Gasteiger partial charge in [0.25, 0.3) is 0 Å². The average molecular weight is 499 g/mol. The van der Waals surface area contributed by atoms with E-state index < -0.39 is 35.9 Å². The molecule has 0 spiro atoms. The van der Waals surface area contributed by atoms with Gasteiger partial charge in [0, 0.05) is 35.1 Å². The minimum atomic E-state index is -1.13. The highest BCUT2D eigenvalue weighted by molar-refractivity contribution is 6.30. The number of benzene rings is 2. The van der Waals surface area contributed by atoms with E-state index in [1.54, 1.807) is 30.3 Å². The standard InChI is InChI=1S/C22H20ClFN8O3/c23-14-6-3-4-12(18(14)24)10-27-20(33)19-15(29-30-26)8-9-31(19)22(35)28-16-11-32(21(25)34)17-7-2-1-5-13(16)17/h1-7,11,15,19H,8-10H2,(H2,25,34)(H,27,33)(H,28,35)/t15-,19-/m0/s1. The van der Waals surface area contributed by atoms with Gasteiger partial charge < -0.3 is 21.3 Å². The number of carbonyl (C=O) groups is 3. The highest BCUT2D eigenvalue weighted by Crippen LogP contribution is 2.28. The van der Waals surface area contributed by atoms with Crippen molar-refractivity contribution in [3.05, 3.63) is 75.5 Å². The number of primary amides is 1. The molecule has 1 saturated heterocycles. The number of amides is 4. The van der Waals surface area contributed by atoms with Crippen molar-refractivity contribution in [2.24, 2.45) is 10.8 Å². The van der Waals surface area contributed by atoms with E-state index in [0.717, 1.165) is 0 Å². The molecule has 13 heteroatoms. The molecule has 0 bridgehead atoms. The fourth-order valence-electron chi connectivity index (χ4n) is 4.13. The maximum atomic E-state index is 14.2. The third-order valence-electron chi connectivity index (χ3n) is 5.77. The summed E-state index contributed by atoms with van der Waals surface area (Å²) in [6.07, 6.45) is 1.65. The van der Waals surface area contributed by atoms with Gasteiger partial charge in [-0.15, -0.1) is 0 Å². The maximum absolute atomic E-state index is 14.2. The molecule has 0 unspecified atom stereocenters. The van der Waals surface area contributed by atoms with Crippen LogP contribution in [0.25, 0.3) is 21.3 Å². The van der Waals surface area contributed by atoms with Crippen LogP contribution in [0.4, 0.5) is 19.7 Å². The molecule has 0 saturated carbocycles. The van der Waals surface area contributed by atoms with Gasteiger partial charge in [0.05, 0.1) is 22.3 Å². The van der Waals surface area contributed by atoms with Crippen molar-refractivity contribution in [3.8, 4) is 0 Å². The molecule has 2 atom stereocenters. The summed E-state index contributed by atoms with van der Waals surface area (Å²) < 4.78 is 15.4. The van der Waals surface area contributed by atoms with E-state index in [1.807, 2.05) is 0 Å². The molecule has 4 N–H and O–H groups in total. The van der Waals surface area contributed by atoms with Gasteiger partial charge in [0.2, 0.25) is 5.91 Å². The first-order valence-electron chi connectivity index (χ1n) is 10.5. The second kappa shape index (κ2) is 9.92. The number of hydrogen-bond donors (Lipinski definition) is 3. The number of likely N-dealkylation sites (tertiary alicyclic amines) is 1. The van der Waals surface area contributed by atoms with Crippen LogP contribution in [0.5, 0.6) is 0 Å². The molecule has 1 aromatic heterocycles. The Labute approximate surface area is 203 Å². The molecular weight excluding hydrogens is 479 g/mol. The van der Waals surface area contributed by atoms with Crippen molar-refractivity contribution in [1.82, 2.24) is 14.8 Å². The van der Waals surface area contributed by atoms with Crippen molar-refractivity contribution < 1.29 is 18.8 Å². The number of carbonyl (C=O) groups excluding carboxylic acids is 3. The summed E-state index contributed by atoms with van der Waals surface area (Å²) in [6.45, 7) is -0.0418. The van der Waals surface area contributed by atoms with Crippen molar-refractivity contribution >= 4 is 46.2 Å². The lowest BCUT2D eigenvalue weighted by molar-refractivity contribution is -0.125. The Morgan fingerprint density at radius 3 is 2.74 bits per heavy atom. The zero-order valence-corrected chi connectivity index (χ0v) is 18.9. The Bertz CT molecular complexity index is 1370. The molecule has 4 rings (SSSR count). The highest BCUT2D eigenvalue weighted by Gasteiger charge is 2.41. The van der Waals surface area contributed by atoms with E-state index >= 15 is 0 Å². The predicted octanol–water partition coefficient (Wildman–Crippen LogP) is 3.96. The zero-order chi connectivity index (χ0) is 25.1. The molecule has 1 aliphatic rings. The van der Waals surface area contributed by atoms with Gasteiger partial charge in [-0.25, -0.2) is 14.0 Å². The Morgan fingerprint density at radius 1 is 1.23 bits per heavy atom. The van der Waals surface area contributed by atoms with E-state index in [-0.39, 0.29) is 30.1 Å². The minimum absolute atomic E-state index is 0.0827. The largest absolute Gasteiger partial charge is 0.351 e. The van der Waals surface area contributed by atoms with Gasteiger partial charge in [0.1, 0.15) is 11.9 Å². The topological polar surface area (TPSA) is 158 Å². The van der Waals surface area contributed by atoms with Crippen LogP contribution in [-0.2, 0) is 11.3 Å². The van der Waals surface area contributed by atoms with E-state index in [9.17, 15) is 18.8 Å². The van der Waals surface area contributed by atoms with Crippen LogP contribution >= 0.6 is 11.6 Å². The average Bonchev–Trinajstić information content (AvgIpc) is 3.42. The smallest absolute Gasteiger partial charge is 0.323 e. The predicted molar refractivity (Wildman–Crippen MR) is 127 cm³/mol. The van der Waals surface area contributed by atoms with Crippen molar-refractivity contribution in [3.63, 3.8) is 0 Å². The number of rotatable bonds is 5. The van der Waals surface area contributed by atoms with Gasteiger partial charge in [-0.2, -0.15) is 0 Å². The number of nitrogens with two attached hydrogens (primary N) is 1. The van der Waals surface area contributed by atoms with Crippen LogP contribution in [0.2, 0.25) is 5.02 Å². The summed E-state index contributed by atoms with van der Waals surface area (Å²) >= 11 is 5.79. The van der Waals surface area contributed by atoms with Crippen LogP contribution in [0, 0.1) is 5.82 Å². The molecular formula is C22H20ClFN8O3. The van der Waals surface area contributed by atoms with E-state index in [1.165, 1.54) is 27.8 Å². The second-order valence-electron chi connectivity index (χ2n) is 7.83. The van der Waals surface area contributed by atoms with Crippen molar-refractivity contribution in [2.45, 2.75) is 25.0 Å². The number of azide groups is 1. The highest BCUT2D eigenvalue weighted by atomic mass is 35.5. The fourth-order valence-corrected chi connectivity index (χ4v) is 4.32. The normalized spacial score (nSPS) is 17.1. The summed E-state index contributed by atoms with van der Waals surface area (Å²) in [5.41, 5.74) is 15.3. The Hall–Kier alpha value is -4.28. The van der Waals surface area contributed by atoms with Gasteiger partial charge in [-0.3, -0.25) is 9.36 Å². The molecule has 2 aromatic carbocycles. The quantitative estimate of drug-likeness (QED) is 0.276.